The molecular formula is C17H14O. The lowest BCUT2D eigenvalue weighted by molar-refractivity contribution is 0.105. The van der Waals surface area contributed by atoms with Crippen molar-refractivity contribution in [1.29, 1.82) is 0 Å². The van der Waals surface area contributed by atoms with Crippen molar-refractivity contribution in [1.82, 2.24) is 0 Å². The summed E-state index contributed by atoms with van der Waals surface area (Å²) in [6.07, 6.45) is 1.01. The van der Waals surface area contributed by atoms with E-state index in [0.717, 1.165) is 12.0 Å². The SMILES string of the molecule is CCc1ccc(C#CC(=O)c2ccccc2)cc1. The molecule has 0 saturated heterocycles. The topological polar surface area (TPSA) is 17.1 Å². The summed E-state index contributed by atoms with van der Waals surface area (Å²) in [5.74, 6) is 5.42. The molecule has 0 heterocycles. The Kier molecular flexibility index (Phi) is 3.94. The first-order chi connectivity index (χ1) is 8.79. The molecule has 0 fully saturated rings. The summed E-state index contributed by atoms with van der Waals surface area (Å²) in [5, 5.41) is 0. The lowest BCUT2D eigenvalue weighted by Crippen LogP contribution is -1.93. The van der Waals surface area contributed by atoms with Crippen LogP contribution in [0, 0.1) is 11.8 Å². The number of carbonyl (C=O) groups is 1. The average molecular weight is 234 g/mol. The molecule has 18 heavy (non-hydrogen) atoms. The molecule has 0 aliphatic rings. The largest absolute Gasteiger partial charge is 0.279 e. The van der Waals surface area contributed by atoms with Crippen molar-refractivity contribution in [2.75, 3.05) is 0 Å². The van der Waals surface area contributed by atoms with Crippen LogP contribution in [0.2, 0.25) is 0 Å². The third-order valence-corrected chi connectivity index (χ3v) is 2.72. The minimum Gasteiger partial charge on any atom is -0.279 e. The van der Waals surface area contributed by atoms with Crippen LogP contribution in [0.1, 0.15) is 28.4 Å². The Morgan fingerprint density at radius 1 is 1.00 bits per heavy atom. The number of aryl methyl sites for hydroxylation is 1. The average Bonchev–Trinajstić information content (AvgIpc) is 2.46. The smallest absolute Gasteiger partial charge is 0.236 e. The number of carbonyl (C=O) groups excluding carboxylic acids is 1. The normalized spacial score (nSPS) is 9.39. The van der Waals surface area contributed by atoms with E-state index in [1.807, 2.05) is 42.5 Å². The second-order valence-corrected chi connectivity index (χ2v) is 4.00. The van der Waals surface area contributed by atoms with Crippen LogP contribution in [0.5, 0.6) is 0 Å². The summed E-state index contributed by atoms with van der Waals surface area (Å²) in [7, 11) is 0. The van der Waals surface area contributed by atoms with E-state index in [-0.39, 0.29) is 5.78 Å². The number of rotatable bonds is 2. The molecule has 0 aromatic heterocycles. The van der Waals surface area contributed by atoms with Crippen LogP contribution >= 0.6 is 0 Å². The van der Waals surface area contributed by atoms with Crippen LogP contribution in [-0.2, 0) is 6.42 Å². The van der Waals surface area contributed by atoms with Crippen LogP contribution in [-0.4, -0.2) is 5.78 Å². The van der Waals surface area contributed by atoms with Crippen molar-refractivity contribution in [2.45, 2.75) is 13.3 Å². The lowest BCUT2D eigenvalue weighted by atomic mass is 10.1. The Bertz CT molecular complexity index is 583. The van der Waals surface area contributed by atoms with Gasteiger partial charge < -0.3 is 0 Å². The zero-order valence-corrected chi connectivity index (χ0v) is 10.3. The number of benzene rings is 2. The molecule has 88 valence electrons. The van der Waals surface area contributed by atoms with Gasteiger partial charge in [-0.1, -0.05) is 55.3 Å². The first kappa shape index (κ1) is 12.1. The third-order valence-electron chi connectivity index (χ3n) is 2.72. The van der Waals surface area contributed by atoms with Crippen molar-refractivity contribution in [3.8, 4) is 11.8 Å². The minimum absolute atomic E-state index is 0.143. The van der Waals surface area contributed by atoms with Crippen molar-refractivity contribution in [3.63, 3.8) is 0 Å². The van der Waals surface area contributed by atoms with Gasteiger partial charge in [0.25, 0.3) is 0 Å². The van der Waals surface area contributed by atoms with Crippen molar-refractivity contribution >= 4 is 5.78 Å². The fraction of sp³-hybridized carbons (Fsp3) is 0.118. The first-order valence-corrected chi connectivity index (χ1v) is 6.00. The van der Waals surface area contributed by atoms with Gasteiger partial charge in [0, 0.05) is 11.1 Å². The summed E-state index contributed by atoms with van der Waals surface area (Å²) in [4.78, 5) is 11.8. The maximum atomic E-state index is 11.8. The van der Waals surface area contributed by atoms with E-state index < -0.39 is 0 Å². The molecule has 2 aromatic carbocycles. The maximum absolute atomic E-state index is 11.8. The Morgan fingerprint density at radius 3 is 2.28 bits per heavy atom. The molecule has 0 radical (unpaired) electrons. The quantitative estimate of drug-likeness (QED) is 0.574. The molecule has 1 heteroatoms. The molecule has 0 aliphatic carbocycles. The maximum Gasteiger partial charge on any atom is 0.236 e. The van der Waals surface area contributed by atoms with E-state index in [1.54, 1.807) is 12.1 Å². The second-order valence-electron chi connectivity index (χ2n) is 4.00. The van der Waals surface area contributed by atoms with Gasteiger partial charge in [-0.2, -0.15) is 0 Å². The molecule has 1 nitrogen and oxygen atoms in total. The van der Waals surface area contributed by atoms with E-state index in [0.29, 0.717) is 5.56 Å². The Hall–Kier alpha value is -2.33. The van der Waals surface area contributed by atoms with Gasteiger partial charge in [0.05, 0.1) is 0 Å². The Labute approximate surface area is 107 Å². The molecule has 0 N–H and O–H groups in total. The van der Waals surface area contributed by atoms with Gasteiger partial charge in [0.15, 0.2) is 0 Å². The predicted molar refractivity (Wildman–Crippen MR) is 73.5 cm³/mol. The van der Waals surface area contributed by atoms with Gasteiger partial charge in [-0.15, -0.1) is 0 Å². The molecule has 0 amide bonds. The van der Waals surface area contributed by atoms with Gasteiger partial charge in [0.2, 0.25) is 5.78 Å². The van der Waals surface area contributed by atoms with Gasteiger partial charge in [0.1, 0.15) is 0 Å². The van der Waals surface area contributed by atoms with E-state index in [1.165, 1.54) is 5.56 Å². The summed E-state index contributed by atoms with van der Waals surface area (Å²) in [5.41, 5.74) is 2.78. The lowest BCUT2D eigenvalue weighted by Gasteiger charge is -1.95. The molecule has 2 rings (SSSR count). The summed E-state index contributed by atoms with van der Waals surface area (Å²) in [6, 6.07) is 17.1. The van der Waals surface area contributed by atoms with Gasteiger partial charge in [-0.25, -0.2) is 0 Å². The van der Waals surface area contributed by atoms with Crippen LogP contribution in [0.15, 0.2) is 54.6 Å². The van der Waals surface area contributed by atoms with Crippen LogP contribution in [0.25, 0.3) is 0 Å². The standard InChI is InChI=1S/C17H14O/c1-2-14-8-10-15(11-9-14)12-13-17(18)16-6-4-3-5-7-16/h3-11H,2H2,1H3. The van der Waals surface area contributed by atoms with E-state index >= 15 is 0 Å². The second kappa shape index (κ2) is 5.84. The highest BCUT2D eigenvalue weighted by atomic mass is 16.1. The van der Waals surface area contributed by atoms with Crippen molar-refractivity contribution in [3.05, 3.63) is 71.3 Å². The van der Waals surface area contributed by atoms with Crippen molar-refractivity contribution in [2.24, 2.45) is 0 Å². The zero-order chi connectivity index (χ0) is 12.8. The van der Waals surface area contributed by atoms with Gasteiger partial charge in [-0.3, -0.25) is 4.79 Å². The molecule has 0 unspecified atom stereocenters. The monoisotopic (exact) mass is 234 g/mol. The fourth-order valence-electron chi connectivity index (χ4n) is 1.61. The predicted octanol–water partition coefficient (Wildman–Crippen LogP) is 3.48. The summed E-state index contributed by atoms with van der Waals surface area (Å²) in [6.45, 7) is 2.11. The first-order valence-electron chi connectivity index (χ1n) is 6.00. The molecule has 0 saturated carbocycles. The van der Waals surface area contributed by atoms with Crippen LogP contribution in [0.3, 0.4) is 0 Å². The highest BCUT2D eigenvalue weighted by molar-refractivity contribution is 6.09. The van der Waals surface area contributed by atoms with Gasteiger partial charge in [-0.05, 0) is 30.0 Å². The molecule has 2 aromatic rings. The van der Waals surface area contributed by atoms with E-state index in [4.69, 9.17) is 0 Å². The number of hydrogen-bond acceptors (Lipinski definition) is 1. The summed E-state index contributed by atoms with van der Waals surface area (Å²) < 4.78 is 0. The van der Waals surface area contributed by atoms with Crippen LogP contribution < -0.4 is 0 Å². The fourth-order valence-corrected chi connectivity index (χ4v) is 1.61. The molecule has 0 bridgehead atoms. The van der Waals surface area contributed by atoms with Crippen molar-refractivity contribution < 1.29 is 4.79 Å². The van der Waals surface area contributed by atoms with Crippen LogP contribution in [0.4, 0.5) is 0 Å². The Balaban J connectivity index is 2.14. The number of Topliss-reactive ketones (excluding diaryl/α,β-unsaturated/α-hetero) is 1. The number of hydrogen-bond donors (Lipinski definition) is 0. The number of ketones is 1. The highest BCUT2D eigenvalue weighted by Gasteiger charge is 1.99. The Morgan fingerprint density at radius 2 is 1.67 bits per heavy atom. The molecule has 0 spiro atoms. The molecule has 0 aliphatic heterocycles. The third kappa shape index (κ3) is 3.09. The summed E-state index contributed by atoms with van der Waals surface area (Å²) >= 11 is 0. The van der Waals surface area contributed by atoms with Gasteiger partial charge >= 0.3 is 0 Å². The highest BCUT2D eigenvalue weighted by Crippen LogP contribution is 2.04. The van der Waals surface area contributed by atoms with E-state index in [9.17, 15) is 4.79 Å². The molecule has 0 atom stereocenters. The molecular weight excluding hydrogens is 220 g/mol. The minimum atomic E-state index is -0.143. The zero-order valence-electron chi connectivity index (χ0n) is 10.3. The van der Waals surface area contributed by atoms with E-state index in [2.05, 4.69) is 18.8 Å².